The van der Waals surface area contributed by atoms with Crippen molar-refractivity contribution < 1.29 is 9.47 Å². The third-order valence-electron chi connectivity index (χ3n) is 3.23. The molecule has 0 bridgehead atoms. The van der Waals surface area contributed by atoms with Gasteiger partial charge >= 0.3 is 0 Å². The summed E-state index contributed by atoms with van der Waals surface area (Å²) < 4.78 is 10.9. The number of methoxy groups -OCH3 is 1. The molecule has 3 heteroatoms. The van der Waals surface area contributed by atoms with Gasteiger partial charge in [0.15, 0.2) is 0 Å². The Morgan fingerprint density at radius 2 is 2.06 bits per heavy atom. The van der Waals surface area contributed by atoms with E-state index < -0.39 is 0 Å². The number of rotatable bonds is 8. The molecule has 0 saturated heterocycles. The van der Waals surface area contributed by atoms with Crippen molar-refractivity contribution in [2.24, 2.45) is 5.92 Å². The maximum Gasteiger partial charge on any atom is 0.142 e. The molecule has 1 aromatic carbocycles. The summed E-state index contributed by atoms with van der Waals surface area (Å²) in [7, 11) is 1.62. The Balaban J connectivity index is 2.49. The van der Waals surface area contributed by atoms with Crippen molar-refractivity contribution in [3.8, 4) is 11.5 Å². The maximum absolute atomic E-state index is 5.85. The Kier molecular flexibility index (Phi) is 6.40. The van der Waals surface area contributed by atoms with E-state index in [0.29, 0.717) is 17.4 Å². The summed E-state index contributed by atoms with van der Waals surface area (Å²) in [4.78, 5) is 0. The summed E-state index contributed by atoms with van der Waals surface area (Å²) in [5.41, 5.74) is 6.47. The molecule has 0 fully saturated rings. The van der Waals surface area contributed by atoms with Crippen molar-refractivity contribution in [1.29, 1.82) is 0 Å². The molecule has 2 N–H and O–H groups in total. The highest BCUT2D eigenvalue weighted by molar-refractivity contribution is 5.56. The lowest BCUT2D eigenvalue weighted by atomic mass is 10.0. The zero-order chi connectivity index (χ0) is 13.4. The number of anilines is 1. The lowest BCUT2D eigenvalue weighted by molar-refractivity contribution is 0.233. The first kappa shape index (κ1) is 14.7. The fourth-order valence-corrected chi connectivity index (χ4v) is 1.91. The molecule has 0 radical (unpaired) electrons. The van der Waals surface area contributed by atoms with Crippen LogP contribution >= 0.6 is 0 Å². The van der Waals surface area contributed by atoms with Gasteiger partial charge in [-0.05, 0) is 24.5 Å². The number of hydrogen-bond acceptors (Lipinski definition) is 3. The highest BCUT2D eigenvalue weighted by Gasteiger charge is 2.08. The average molecular weight is 251 g/mol. The van der Waals surface area contributed by atoms with Crippen LogP contribution in [0.1, 0.15) is 39.5 Å². The summed E-state index contributed by atoms with van der Waals surface area (Å²) in [6.07, 6.45) is 4.91. The molecule has 1 atom stereocenters. The summed E-state index contributed by atoms with van der Waals surface area (Å²) >= 11 is 0. The summed E-state index contributed by atoms with van der Waals surface area (Å²) in [5.74, 6) is 2.15. The minimum absolute atomic E-state index is 0.622. The zero-order valence-electron chi connectivity index (χ0n) is 11.7. The third-order valence-corrected chi connectivity index (χ3v) is 3.23. The first-order chi connectivity index (χ1) is 8.71. The number of nitrogen functional groups attached to an aromatic ring is 1. The monoisotopic (exact) mass is 251 g/mol. The van der Waals surface area contributed by atoms with Crippen LogP contribution in [0.25, 0.3) is 0 Å². The topological polar surface area (TPSA) is 44.5 Å². The van der Waals surface area contributed by atoms with Gasteiger partial charge in [-0.3, -0.25) is 0 Å². The van der Waals surface area contributed by atoms with Crippen LogP contribution in [0.3, 0.4) is 0 Å². The van der Waals surface area contributed by atoms with Gasteiger partial charge in [0.2, 0.25) is 0 Å². The molecular formula is C15H25NO2. The van der Waals surface area contributed by atoms with E-state index in [-0.39, 0.29) is 0 Å². The van der Waals surface area contributed by atoms with Gasteiger partial charge in [0.05, 0.1) is 19.4 Å². The number of ether oxygens (including phenoxy) is 2. The highest BCUT2D eigenvalue weighted by atomic mass is 16.5. The van der Waals surface area contributed by atoms with Crippen molar-refractivity contribution in [2.75, 3.05) is 19.5 Å². The average Bonchev–Trinajstić information content (AvgIpc) is 2.39. The van der Waals surface area contributed by atoms with Gasteiger partial charge in [0.25, 0.3) is 0 Å². The molecule has 3 nitrogen and oxygen atoms in total. The molecule has 1 rings (SSSR count). The van der Waals surface area contributed by atoms with Crippen LogP contribution in [0.2, 0.25) is 0 Å². The molecule has 0 spiro atoms. The van der Waals surface area contributed by atoms with Crippen LogP contribution < -0.4 is 15.2 Å². The first-order valence-corrected chi connectivity index (χ1v) is 6.77. The van der Waals surface area contributed by atoms with Crippen LogP contribution in [0.15, 0.2) is 18.2 Å². The van der Waals surface area contributed by atoms with E-state index in [1.165, 1.54) is 19.3 Å². The van der Waals surface area contributed by atoms with Crippen LogP contribution in [-0.2, 0) is 0 Å². The predicted molar refractivity (Wildman–Crippen MR) is 76.2 cm³/mol. The number of benzene rings is 1. The van der Waals surface area contributed by atoms with Crippen LogP contribution in [0.4, 0.5) is 5.69 Å². The highest BCUT2D eigenvalue weighted by Crippen LogP contribution is 2.26. The van der Waals surface area contributed by atoms with Gasteiger partial charge < -0.3 is 15.2 Å². The van der Waals surface area contributed by atoms with E-state index in [9.17, 15) is 0 Å². The normalized spacial score (nSPS) is 12.2. The summed E-state index contributed by atoms with van der Waals surface area (Å²) in [5, 5.41) is 0. The Bertz CT molecular complexity index is 352. The maximum atomic E-state index is 5.85. The lowest BCUT2D eigenvalue weighted by Gasteiger charge is -2.16. The Morgan fingerprint density at radius 1 is 1.28 bits per heavy atom. The molecule has 0 aromatic heterocycles. The SMILES string of the molecule is CCCCC(CC)COc1ccc(OC)c(N)c1. The number of unbranched alkanes of at least 4 members (excludes halogenated alkanes) is 1. The van der Waals surface area contributed by atoms with E-state index >= 15 is 0 Å². The predicted octanol–water partition coefficient (Wildman–Crippen LogP) is 3.87. The quantitative estimate of drug-likeness (QED) is 0.713. The molecule has 18 heavy (non-hydrogen) atoms. The molecule has 0 aliphatic rings. The van der Waals surface area contributed by atoms with Gasteiger partial charge in [-0.2, -0.15) is 0 Å². The fourth-order valence-electron chi connectivity index (χ4n) is 1.91. The molecular weight excluding hydrogens is 226 g/mol. The molecule has 0 saturated carbocycles. The van der Waals surface area contributed by atoms with Crippen molar-refractivity contribution >= 4 is 5.69 Å². The van der Waals surface area contributed by atoms with Crippen LogP contribution in [-0.4, -0.2) is 13.7 Å². The Labute approximate surface area is 110 Å². The standard InChI is InChI=1S/C15H25NO2/c1-4-6-7-12(5-2)11-18-13-8-9-15(17-3)14(16)10-13/h8-10,12H,4-7,11,16H2,1-3H3. The van der Waals surface area contributed by atoms with Crippen molar-refractivity contribution in [3.63, 3.8) is 0 Å². The molecule has 1 aromatic rings. The van der Waals surface area contributed by atoms with Crippen molar-refractivity contribution in [1.82, 2.24) is 0 Å². The lowest BCUT2D eigenvalue weighted by Crippen LogP contribution is -2.11. The molecule has 0 aliphatic carbocycles. The number of nitrogens with two attached hydrogens (primary N) is 1. The molecule has 1 unspecified atom stereocenters. The van der Waals surface area contributed by atoms with Crippen LogP contribution in [0, 0.1) is 5.92 Å². The smallest absolute Gasteiger partial charge is 0.142 e. The number of hydrogen-bond donors (Lipinski definition) is 1. The Hall–Kier alpha value is -1.38. The minimum atomic E-state index is 0.622. The second-order valence-electron chi connectivity index (χ2n) is 4.63. The largest absolute Gasteiger partial charge is 0.495 e. The first-order valence-electron chi connectivity index (χ1n) is 6.77. The van der Waals surface area contributed by atoms with Crippen molar-refractivity contribution in [3.05, 3.63) is 18.2 Å². The third kappa shape index (κ3) is 4.47. The van der Waals surface area contributed by atoms with Crippen molar-refractivity contribution in [2.45, 2.75) is 39.5 Å². The van der Waals surface area contributed by atoms with Gasteiger partial charge in [0.1, 0.15) is 11.5 Å². The summed E-state index contributed by atoms with van der Waals surface area (Å²) in [6, 6.07) is 5.57. The van der Waals surface area contributed by atoms with E-state index in [1.807, 2.05) is 18.2 Å². The van der Waals surface area contributed by atoms with E-state index in [2.05, 4.69) is 13.8 Å². The molecule has 0 heterocycles. The van der Waals surface area contributed by atoms with Gasteiger partial charge in [-0.1, -0.05) is 33.1 Å². The van der Waals surface area contributed by atoms with Gasteiger partial charge in [-0.15, -0.1) is 0 Å². The van der Waals surface area contributed by atoms with E-state index in [4.69, 9.17) is 15.2 Å². The molecule has 0 aliphatic heterocycles. The van der Waals surface area contributed by atoms with Gasteiger partial charge in [0, 0.05) is 6.07 Å². The second-order valence-corrected chi connectivity index (χ2v) is 4.63. The van der Waals surface area contributed by atoms with E-state index in [1.54, 1.807) is 7.11 Å². The molecule has 102 valence electrons. The Morgan fingerprint density at radius 3 is 2.61 bits per heavy atom. The van der Waals surface area contributed by atoms with E-state index in [0.717, 1.165) is 18.8 Å². The minimum Gasteiger partial charge on any atom is -0.495 e. The van der Waals surface area contributed by atoms with Crippen LogP contribution in [0.5, 0.6) is 11.5 Å². The fraction of sp³-hybridized carbons (Fsp3) is 0.600. The second kappa shape index (κ2) is 7.85. The summed E-state index contributed by atoms with van der Waals surface area (Å²) in [6.45, 7) is 5.20. The molecule has 0 amide bonds. The van der Waals surface area contributed by atoms with Gasteiger partial charge in [-0.25, -0.2) is 0 Å². The zero-order valence-corrected chi connectivity index (χ0v) is 11.7.